The number of methoxy groups -OCH3 is 1. The van der Waals surface area contributed by atoms with E-state index in [9.17, 15) is 0 Å². The number of hydrogen-bond donors (Lipinski definition) is 1. The van der Waals surface area contributed by atoms with Crippen molar-refractivity contribution in [1.29, 1.82) is 0 Å². The second-order valence-corrected chi connectivity index (χ2v) is 5.32. The predicted molar refractivity (Wildman–Crippen MR) is 86.7 cm³/mol. The zero-order chi connectivity index (χ0) is 15.1. The lowest BCUT2D eigenvalue weighted by Gasteiger charge is -2.09. The summed E-state index contributed by atoms with van der Waals surface area (Å²) in [5, 5.41) is 0. The maximum Gasteiger partial charge on any atom is 0.221 e. The van der Waals surface area contributed by atoms with Crippen LogP contribution in [0.3, 0.4) is 0 Å². The van der Waals surface area contributed by atoms with Gasteiger partial charge >= 0.3 is 0 Å². The molecule has 3 aromatic rings. The van der Waals surface area contributed by atoms with Crippen LogP contribution in [0.1, 0.15) is 11.1 Å². The third-order valence-electron chi connectivity index (χ3n) is 4.03. The van der Waals surface area contributed by atoms with Crippen LogP contribution in [0.15, 0.2) is 48.5 Å². The molecule has 0 bridgehead atoms. The summed E-state index contributed by atoms with van der Waals surface area (Å²) in [6.07, 6.45) is 0.840. The fourth-order valence-corrected chi connectivity index (χ4v) is 2.98. The average molecular weight is 289 g/mol. The fraction of sp³-hybridized carbons (Fsp3) is 0.111. The molecule has 0 saturated heterocycles. The van der Waals surface area contributed by atoms with Crippen molar-refractivity contribution in [3.8, 4) is 28.3 Å². The molecule has 0 spiro atoms. The molecule has 108 valence electrons. The van der Waals surface area contributed by atoms with E-state index in [0.717, 1.165) is 40.2 Å². The molecular weight excluding hydrogens is 274 g/mol. The van der Waals surface area contributed by atoms with E-state index < -0.39 is 0 Å². The molecule has 1 heterocycles. The first-order chi connectivity index (χ1) is 10.8. The molecule has 0 amide bonds. The molecule has 0 saturated carbocycles. The highest BCUT2D eigenvalue weighted by Gasteiger charge is 2.24. The zero-order valence-electron chi connectivity index (χ0n) is 12.2. The normalized spacial score (nSPS) is 11.9. The number of benzene rings is 2. The smallest absolute Gasteiger partial charge is 0.221 e. The number of nitrogens with two attached hydrogens (primary N) is 1. The number of nitrogens with zero attached hydrogens (tertiary/aromatic N) is 2. The molecule has 4 rings (SSSR count). The maximum absolute atomic E-state index is 5.94. The van der Waals surface area contributed by atoms with Crippen molar-refractivity contribution >= 4 is 5.95 Å². The molecule has 22 heavy (non-hydrogen) atoms. The summed E-state index contributed by atoms with van der Waals surface area (Å²) in [7, 11) is 1.66. The van der Waals surface area contributed by atoms with Crippen LogP contribution in [-0.2, 0) is 6.42 Å². The third kappa shape index (κ3) is 1.92. The molecule has 1 aliphatic carbocycles. The molecule has 0 fully saturated rings. The van der Waals surface area contributed by atoms with Gasteiger partial charge in [-0.3, -0.25) is 0 Å². The van der Waals surface area contributed by atoms with Gasteiger partial charge in [0, 0.05) is 23.1 Å². The Kier molecular flexibility index (Phi) is 2.82. The molecule has 4 nitrogen and oxygen atoms in total. The molecule has 1 aliphatic rings. The number of nitrogen functional groups attached to an aromatic ring is 1. The Hall–Kier alpha value is -2.88. The number of rotatable bonds is 2. The fourth-order valence-electron chi connectivity index (χ4n) is 2.98. The highest BCUT2D eigenvalue weighted by Crippen LogP contribution is 2.40. The van der Waals surface area contributed by atoms with Gasteiger partial charge in [0.1, 0.15) is 5.75 Å². The van der Waals surface area contributed by atoms with Crippen LogP contribution in [-0.4, -0.2) is 17.1 Å². The van der Waals surface area contributed by atoms with E-state index in [4.69, 9.17) is 10.5 Å². The van der Waals surface area contributed by atoms with Gasteiger partial charge in [0.25, 0.3) is 0 Å². The Morgan fingerprint density at radius 3 is 2.45 bits per heavy atom. The maximum atomic E-state index is 5.94. The van der Waals surface area contributed by atoms with Crippen molar-refractivity contribution in [2.75, 3.05) is 12.8 Å². The minimum absolute atomic E-state index is 0.307. The highest BCUT2D eigenvalue weighted by atomic mass is 16.5. The van der Waals surface area contributed by atoms with Gasteiger partial charge in [-0.25, -0.2) is 9.97 Å². The van der Waals surface area contributed by atoms with Crippen LogP contribution in [0.4, 0.5) is 5.95 Å². The molecule has 4 heteroatoms. The van der Waals surface area contributed by atoms with Gasteiger partial charge < -0.3 is 10.5 Å². The van der Waals surface area contributed by atoms with Crippen molar-refractivity contribution in [2.24, 2.45) is 0 Å². The molecule has 0 atom stereocenters. The standard InChI is InChI=1S/C18H15N3O/c1-22-13-8-6-11(7-9-13)16-15-10-12-4-2-3-5-14(12)17(15)21-18(19)20-16/h2-9H,10H2,1H3,(H2,19,20,21). The SMILES string of the molecule is COc1ccc(-c2nc(N)nc3c2Cc2ccccc2-3)cc1. The highest BCUT2D eigenvalue weighted by molar-refractivity contribution is 5.81. The van der Waals surface area contributed by atoms with Gasteiger partial charge in [-0.2, -0.15) is 0 Å². The van der Waals surface area contributed by atoms with Crippen LogP contribution in [0.5, 0.6) is 5.75 Å². The molecular formula is C18H15N3O. The molecule has 2 aromatic carbocycles. The van der Waals surface area contributed by atoms with Crippen LogP contribution < -0.4 is 10.5 Å². The summed E-state index contributed by atoms with van der Waals surface area (Å²) in [6, 6.07) is 16.2. The molecule has 0 unspecified atom stereocenters. The van der Waals surface area contributed by atoms with E-state index in [-0.39, 0.29) is 0 Å². The summed E-state index contributed by atoms with van der Waals surface area (Å²) >= 11 is 0. The lowest BCUT2D eigenvalue weighted by atomic mass is 10.0. The Morgan fingerprint density at radius 1 is 0.955 bits per heavy atom. The van der Waals surface area contributed by atoms with Gasteiger partial charge in [-0.05, 0) is 29.8 Å². The summed E-state index contributed by atoms with van der Waals surface area (Å²) in [5.74, 6) is 1.13. The van der Waals surface area contributed by atoms with E-state index in [1.807, 2.05) is 30.3 Å². The van der Waals surface area contributed by atoms with E-state index in [1.165, 1.54) is 5.56 Å². The van der Waals surface area contributed by atoms with Gasteiger partial charge in [0.2, 0.25) is 5.95 Å². The van der Waals surface area contributed by atoms with E-state index in [0.29, 0.717) is 5.95 Å². The number of anilines is 1. The largest absolute Gasteiger partial charge is 0.497 e. The lowest BCUT2D eigenvalue weighted by Crippen LogP contribution is -2.01. The monoisotopic (exact) mass is 289 g/mol. The number of fused-ring (bicyclic) bond motifs is 3. The minimum atomic E-state index is 0.307. The van der Waals surface area contributed by atoms with Crippen LogP contribution in [0.25, 0.3) is 22.5 Å². The Morgan fingerprint density at radius 2 is 1.68 bits per heavy atom. The lowest BCUT2D eigenvalue weighted by molar-refractivity contribution is 0.415. The van der Waals surface area contributed by atoms with Gasteiger partial charge in [0.05, 0.1) is 18.5 Å². The van der Waals surface area contributed by atoms with Crippen molar-refractivity contribution in [3.63, 3.8) is 0 Å². The van der Waals surface area contributed by atoms with Crippen LogP contribution in [0, 0.1) is 0 Å². The molecule has 1 aromatic heterocycles. The van der Waals surface area contributed by atoms with E-state index >= 15 is 0 Å². The topological polar surface area (TPSA) is 61.0 Å². The second-order valence-electron chi connectivity index (χ2n) is 5.32. The molecule has 0 radical (unpaired) electrons. The van der Waals surface area contributed by atoms with Crippen molar-refractivity contribution in [2.45, 2.75) is 6.42 Å². The van der Waals surface area contributed by atoms with Gasteiger partial charge in [-0.15, -0.1) is 0 Å². The van der Waals surface area contributed by atoms with Gasteiger partial charge in [0.15, 0.2) is 0 Å². The summed E-state index contributed by atoms with van der Waals surface area (Å²) < 4.78 is 5.21. The van der Waals surface area contributed by atoms with Crippen LogP contribution >= 0.6 is 0 Å². The third-order valence-corrected chi connectivity index (χ3v) is 4.03. The minimum Gasteiger partial charge on any atom is -0.497 e. The van der Waals surface area contributed by atoms with E-state index in [1.54, 1.807) is 7.11 Å². The van der Waals surface area contributed by atoms with Gasteiger partial charge in [-0.1, -0.05) is 24.3 Å². The predicted octanol–water partition coefficient (Wildman–Crippen LogP) is 3.31. The zero-order valence-corrected chi connectivity index (χ0v) is 12.2. The van der Waals surface area contributed by atoms with Crippen molar-refractivity contribution in [1.82, 2.24) is 9.97 Å². The first-order valence-electron chi connectivity index (χ1n) is 7.15. The molecule has 2 N–H and O–H groups in total. The first kappa shape index (κ1) is 12.8. The number of aromatic nitrogens is 2. The summed E-state index contributed by atoms with van der Waals surface area (Å²) in [5.41, 5.74) is 12.4. The molecule has 0 aliphatic heterocycles. The Labute approximate surface area is 128 Å². The van der Waals surface area contributed by atoms with E-state index in [2.05, 4.69) is 28.2 Å². The Bertz CT molecular complexity index is 857. The quantitative estimate of drug-likeness (QED) is 0.615. The average Bonchev–Trinajstić information content (AvgIpc) is 2.93. The van der Waals surface area contributed by atoms with Crippen LogP contribution in [0.2, 0.25) is 0 Å². The second kappa shape index (κ2) is 4.84. The number of hydrogen-bond acceptors (Lipinski definition) is 4. The number of ether oxygens (including phenoxy) is 1. The van der Waals surface area contributed by atoms with Crippen molar-refractivity contribution in [3.05, 3.63) is 59.7 Å². The summed E-state index contributed by atoms with van der Waals surface area (Å²) in [4.78, 5) is 8.94. The first-order valence-corrected chi connectivity index (χ1v) is 7.15. The van der Waals surface area contributed by atoms with Crippen molar-refractivity contribution < 1.29 is 4.74 Å². The Balaban J connectivity index is 1.90. The summed E-state index contributed by atoms with van der Waals surface area (Å²) in [6.45, 7) is 0.